The lowest BCUT2D eigenvalue weighted by molar-refractivity contribution is -0.155. The summed E-state index contributed by atoms with van der Waals surface area (Å²) in [6.07, 6.45) is 1.88. The zero-order valence-electron chi connectivity index (χ0n) is 9.12. The van der Waals surface area contributed by atoms with E-state index in [4.69, 9.17) is 4.74 Å². The van der Waals surface area contributed by atoms with Gasteiger partial charge < -0.3 is 4.74 Å². The predicted octanol–water partition coefficient (Wildman–Crippen LogP) is 1.12. The molecule has 84 valence electrons. The molecular weight excluding hydrogens is 196 g/mol. The van der Waals surface area contributed by atoms with Gasteiger partial charge in [-0.2, -0.15) is 0 Å². The smallest absolute Gasteiger partial charge is 0.317 e. The van der Waals surface area contributed by atoms with Crippen LogP contribution >= 0.6 is 0 Å². The number of carbonyl (C=O) groups is 3. The molecule has 1 fully saturated rings. The van der Waals surface area contributed by atoms with Crippen LogP contribution in [0.25, 0.3) is 0 Å². The van der Waals surface area contributed by atoms with E-state index in [9.17, 15) is 14.4 Å². The molecule has 15 heavy (non-hydrogen) atoms. The van der Waals surface area contributed by atoms with E-state index in [1.165, 1.54) is 6.92 Å². The Balaban J connectivity index is 2.77. The minimum atomic E-state index is -0.875. The normalized spacial score (nSPS) is 22.5. The van der Waals surface area contributed by atoms with Gasteiger partial charge in [0, 0.05) is 12.3 Å². The van der Waals surface area contributed by atoms with Crippen molar-refractivity contribution in [2.45, 2.75) is 33.1 Å². The minimum Gasteiger partial charge on any atom is -0.465 e. The molecule has 1 aliphatic carbocycles. The summed E-state index contributed by atoms with van der Waals surface area (Å²) in [4.78, 5) is 34.3. The second-order valence-corrected chi connectivity index (χ2v) is 3.81. The molecule has 2 atom stereocenters. The van der Waals surface area contributed by atoms with Crippen LogP contribution in [0.1, 0.15) is 33.1 Å². The maximum atomic E-state index is 11.5. The van der Waals surface area contributed by atoms with E-state index in [1.807, 2.05) is 0 Å². The van der Waals surface area contributed by atoms with Gasteiger partial charge in [0.05, 0.1) is 6.61 Å². The Morgan fingerprint density at radius 1 is 1.53 bits per heavy atom. The topological polar surface area (TPSA) is 60.4 Å². The van der Waals surface area contributed by atoms with Crippen LogP contribution in [0, 0.1) is 11.8 Å². The molecule has 2 unspecified atom stereocenters. The Morgan fingerprint density at radius 3 is 2.60 bits per heavy atom. The average molecular weight is 212 g/mol. The largest absolute Gasteiger partial charge is 0.465 e. The van der Waals surface area contributed by atoms with Crippen LogP contribution in [0.2, 0.25) is 0 Å². The third-order valence-electron chi connectivity index (χ3n) is 2.73. The van der Waals surface area contributed by atoms with Crippen LogP contribution in [0.4, 0.5) is 0 Å². The van der Waals surface area contributed by atoms with Crippen LogP contribution in [0.15, 0.2) is 0 Å². The Kier molecular flexibility index (Phi) is 4.00. The van der Waals surface area contributed by atoms with Gasteiger partial charge in [-0.05, 0) is 26.7 Å². The van der Waals surface area contributed by atoms with Crippen molar-refractivity contribution in [3.63, 3.8) is 0 Å². The van der Waals surface area contributed by atoms with E-state index in [0.29, 0.717) is 12.8 Å². The summed E-state index contributed by atoms with van der Waals surface area (Å²) in [5, 5.41) is 0. The first-order valence-electron chi connectivity index (χ1n) is 5.27. The van der Waals surface area contributed by atoms with Crippen LogP contribution in [0.3, 0.4) is 0 Å². The molecule has 1 saturated carbocycles. The first-order valence-corrected chi connectivity index (χ1v) is 5.27. The van der Waals surface area contributed by atoms with E-state index in [-0.39, 0.29) is 18.2 Å². The van der Waals surface area contributed by atoms with Gasteiger partial charge in [0.2, 0.25) is 0 Å². The van der Waals surface area contributed by atoms with E-state index in [1.54, 1.807) is 6.92 Å². The number of esters is 1. The Hall–Kier alpha value is -1.19. The first-order chi connectivity index (χ1) is 7.07. The second kappa shape index (κ2) is 5.05. The van der Waals surface area contributed by atoms with Crippen LogP contribution < -0.4 is 0 Å². The maximum absolute atomic E-state index is 11.5. The summed E-state index contributed by atoms with van der Waals surface area (Å²) >= 11 is 0. The monoisotopic (exact) mass is 212 g/mol. The molecule has 0 radical (unpaired) electrons. The fraction of sp³-hybridized carbons (Fsp3) is 0.727. The molecule has 1 rings (SSSR count). The number of ketones is 2. The lowest BCUT2D eigenvalue weighted by Crippen LogP contribution is -2.33. The van der Waals surface area contributed by atoms with Gasteiger partial charge in [0.25, 0.3) is 0 Å². The third-order valence-corrected chi connectivity index (χ3v) is 2.73. The average Bonchev–Trinajstić information content (AvgIpc) is 2.52. The van der Waals surface area contributed by atoms with E-state index >= 15 is 0 Å². The van der Waals surface area contributed by atoms with Gasteiger partial charge in [-0.15, -0.1) is 0 Å². The predicted molar refractivity (Wildman–Crippen MR) is 53.2 cm³/mol. The number of hydrogen-bond donors (Lipinski definition) is 0. The van der Waals surface area contributed by atoms with Crippen molar-refractivity contribution in [3.05, 3.63) is 0 Å². The van der Waals surface area contributed by atoms with Gasteiger partial charge in [-0.3, -0.25) is 14.4 Å². The van der Waals surface area contributed by atoms with Gasteiger partial charge in [0.1, 0.15) is 17.5 Å². The fourth-order valence-corrected chi connectivity index (χ4v) is 2.04. The third kappa shape index (κ3) is 2.64. The number of rotatable bonds is 4. The molecule has 0 aromatic heterocycles. The quantitative estimate of drug-likeness (QED) is 0.517. The Bertz CT molecular complexity index is 282. The zero-order valence-corrected chi connectivity index (χ0v) is 9.12. The highest BCUT2D eigenvalue weighted by molar-refractivity contribution is 6.03. The van der Waals surface area contributed by atoms with Crippen molar-refractivity contribution < 1.29 is 19.1 Å². The Labute approximate surface area is 89.0 Å². The number of hydrogen-bond acceptors (Lipinski definition) is 4. The molecule has 0 bridgehead atoms. The van der Waals surface area contributed by atoms with Crippen LogP contribution in [-0.4, -0.2) is 24.1 Å². The molecule has 0 heterocycles. The molecule has 0 aliphatic heterocycles. The molecule has 1 aliphatic rings. The van der Waals surface area contributed by atoms with Crippen molar-refractivity contribution in [1.29, 1.82) is 0 Å². The molecule has 4 heteroatoms. The molecule has 0 amide bonds. The highest BCUT2D eigenvalue weighted by Gasteiger charge is 2.40. The van der Waals surface area contributed by atoms with Crippen molar-refractivity contribution in [2.24, 2.45) is 11.8 Å². The van der Waals surface area contributed by atoms with Gasteiger partial charge in [-0.25, -0.2) is 0 Å². The molecule has 0 saturated heterocycles. The number of Topliss-reactive ketones (excluding diaryl/α,β-unsaturated/α-hetero) is 2. The van der Waals surface area contributed by atoms with E-state index in [0.717, 1.165) is 6.42 Å². The lowest BCUT2D eigenvalue weighted by Gasteiger charge is -2.17. The Morgan fingerprint density at radius 2 is 2.20 bits per heavy atom. The summed E-state index contributed by atoms with van der Waals surface area (Å²) in [5.74, 6) is -2.12. The number of carbonyl (C=O) groups excluding carboxylic acids is 3. The second-order valence-electron chi connectivity index (χ2n) is 3.81. The van der Waals surface area contributed by atoms with Crippen molar-refractivity contribution in [3.8, 4) is 0 Å². The van der Waals surface area contributed by atoms with Crippen molar-refractivity contribution >= 4 is 17.5 Å². The molecule has 0 aromatic rings. The maximum Gasteiger partial charge on any atom is 0.317 e. The molecule has 0 aromatic carbocycles. The summed E-state index contributed by atoms with van der Waals surface area (Å²) < 4.78 is 4.81. The summed E-state index contributed by atoms with van der Waals surface area (Å²) in [7, 11) is 0. The highest BCUT2D eigenvalue weighted by Crippen LogP contribution is 2.29. The fourth-order valence-electron chi connectivity index (χ4n) is 2.04. The summed E-state index contributed by atoms with van der Waals surface area (Å²) in [6, 6.07) is 0. The molecule has 0 N–H and O–H groups in total. The summed E-state index contributed by atoms with van der Waals surface area (Å²) in [6.45, 7) is 3.27. The lowest BCUT2D eigenvalue weighted by atomic mass is 9.87. The molecular formula is C11H16O4. The SMILES string of the molecule is CCOC(=O)C(C(C)=O)C1CCCC1=O. The molecule has 0 spiro atoms. The highest BCUT2D eigenvalue weighted by atomic mass is 16.5. The summed E-state index contributed by atoms with van der Waals surface area (Å²) in [5.41, 5.74) is 0. The zero-order chi connectivity index (χ0) is 11.4. The molecule has 4 nitrogen and oxygen atoms in total. The number of ether oxygens (including phenoxy) is 1. The van der Waals surface area contributed by atoms with Crippen LogP contribution in [-0.2, 0) is 19.1 Å². The first kappa shape index (κ1) is 11.9. The minimum absolute atomic E-state index is 0.0169. The van der Waals surface area contributed by atoms with Crippen LogP contribution in [0.5, 0.6) is 0 Å². The van der Waals surface area contributed by atoms with E-state index in [2.05, 4.69) is 0 Å². The van der Waals surface area contributed by atoms with E-state index < -0.39 is 17.8 Å². The standard InChI is InChI=1S/C11H16O4/c1-3-15-11(14)10(7(2)12)8-5-4-6-9(8)13/h8,10H,3-6H2,1-2H3. The van der Waals surface area contributed by atoms with Gasteiger partial charge in [0.15, 0.2) is 0 Å². The van der Waals surface area contributed by atoms with Gasteiger partial charge >= 0.3 is 5.97 Å². The van der Waals surface area contributed by atoms with Gasteiger partial charge in [-0.1, -0.05) is 0 Å². The van der Waals surface area contributed by atoms with Crippen molar-refractivity contribution in [1.82, 2.24) is 0 Å². The van der Waals surface area contributed by atoms with Crippen molar-refractivity contribution in [2.75, 3.05) is 6.61 Å².